The third kappa shape index (κ3) is 3.87. The molecule has 9 aromatic carbocycles. The van der Waals surface area contributed by atoms with Crippen LogP contribution in [0.15, 0.2) is 170 Å². The summed E-state index contributed by atoms with van der Waals surface area (Å²) in [5.41, 5.74) is 9.50. The fraction of sp³-hybridized carbons (Fsp3) is 0. The van der Waals surface area contributed by atoms with Crippen molar-refractivity contribution in [3.63, 3.8) is 0 Å². The van der Waals surface area contributed by atoms with Gasteiger partial charge in [0.25, 0.3) is 0 Å². The zero-order valence-corrected chi connectivity index (χ0v) is 31.5. The van der Waals surface area contributed by atoms with E-state index in [1.165, 1.54) is 92.4 Å². The molecule has 4 aromatic heterocycles. The molecule has 0 aliphatic heterocycles. The molecule has 0 fully saturated rings. The lowest BCUT2D eigenvalue weighted by Gasteiger charge is -2.18. The van der Waals surface area contributed by atoms with E-state index in [4.69, 9.17) is 4.98 Å². The molecule has 0 saturated heterocycles. The van der Waals surface area contributed by atoms with E-state index in [9.17, 15) is 0 Å². The summed E-state index contributed by atoms with van der Waals surface area (Å²) in [6.07, 6.45) is 0. The summed E-state index contributed by atoms with van der Waals surface area (Å²) in [4.78, 5) is 5.77. The first-order chi connectivity index (χ1) is 27.2. The van der Waals surface area contributed by atoms with E-state index < -0.39 is 0 Å². The second-order valence-electron chi connectivity index (χ2n) is 14.8. The normalized spacial score (nSPS) is 12.5. The third-order valence-electron chi connectivity index (χ3n) is 12.0. The van der Waals surface area contributed by atoms with Crippen LogP contribution in [-0.2, 0) is 0 Å². The van der Waals surface area contributed by atoms with Crippen molar-refractivity contribution in [1.82, 2.24) is 14.0 Å². The molecule has 0 unspecified atom stereocenters. The van der Waals surface area contributed by atoms with Crippen LogP contribution in [0.2, 0.25) is 0 Å². The molecule has 4 heteroatoms. The summed E-state index contributed by atoms with van der Waals surface area (Å²) >= 11 is 2.60. The lowest BCUT2D eigenvalue weighted by Crippen LogP contribution is -2.04. The Labute approximate surface area is 328 Å². The molecule has 13 aromatic rings. The highest BCUT2D eigenvalue weighted by Crippen LogP contribution is 2.49. The van der Waals surface area contributed by atoms with Crippen molar-refractivity contribution < 1.29 is 0 Å². The number of hydrogen-bond acceptors (Lipinski definition) is 1. The van der Waals surface area contributed by atoms with Crippen molar-refractivity contribution in [3.8, 4) is 16.9 Å². The highest BCUT2D eigenvalue weighted by molar-refractivity contribution is 14.1. The van der Waals surface area contributed by atoms with E-state index in [2.05, 4.69) is 201 Å². The Morgan fingerprint density at radius 2 is 1.02 bits per heavy atom. The fourth-order valence-corrected chi connectivity index (χ4v) is 10.7. The first-order valence-electron chi connectivity index (χ1n) is 18.8. The Bertz CT molecular complexity index is 3790. The van der Waals surface area contributed by atoms with Gasteiger partial charge in [-0.15, -0.1) is 0 Å². The third-order valence-corrected chi connectivity index (χ3v) is 13.1. The molecular weight excluding hydrogens is 781 g/mol. The molecule has 13 rings (SSSR count). The SMILES string of the molecule is Ic1c(-n2c3ccc4ccccc4c3c3c4c5ccccc5n5c6ccccc6c(cc32)c45)nc2c(ccc3ccccc32)c1-c1ccc2ccccc2c1. The summed E-state index contributed by atoms with van der Waals surface area (Å²) in [7, 11) is 0. The molecule has 55 heavy (non-hydrogen) atoms. The van der Waals surface area contributed by atoms with Crippen LogP contribution in [0.1, 0.15) is 0 Å². The molecule has 0 amide bonds. The number of nitrogens with zero attached hydrogens (tertiary/aromatic N) is 3. The minimum Gasteiger partial charge on any atom is -0.308 e. The number of rotatable bonds is 2. The van der Waals surface area contributed by atoms with Crippen LogP contribution in [-0.4, -0.2) is 14.0 Å². The number of fused-ring (bicyclic) bond motifs is 16. The summed E-state index contributed by atoms with van der Waals surface area (Å²) in [6, 6.07) is 62.4. The van der Waals surface area contributed by atoms with Crippen molar-refractivity contribution in [1.29, 1.82) is 0 Å². The molecule has 0 aliphatic rings. The first-order valence-corrected chi connectivity index (χ1v) is 19.8. The maximum Gasteiger partial charge on any atom is 0.152 e. The van der Waals surface area contributed by atoms with Gasteiger partial charge in [0.15, 0.2) is 5.82 Å². The summed E-state index contributed by atoms with van der Waals surface area (Å²) < 4.78 is 6.10. The summed E-state index contributed by atoms with van der Waals surface area (Å²) in [6.45, 7) is 0. The molecule has 0 N–H and O–H groups in total. The van der Waals surface area contributed by atoms with E-state index in [0.29, 0.717) is 0 Å². The van der Waals surface area contributed by atoms with Gasteiger partial charge in [-0.05, 0) is 85.4 Å². The van der Waals surface area contributed by atoms with Gasteiger partial charge in [-0.25, -0.2) is 4.98 Å². The van der Waals surface area contributed by atoms with Crippen LogP contribution < -0.4 is 0 Å². The number of hydrogen-bond donors (Lipinski definition) is 0. The van der Waals surface area contributed by atoms with Gasteiger partial charge >= 0.3 is 0 Å². The van der Waals surface area contributed by atoms with Crippen LogP contribution in [0.4, 0.5) is 0 Å². The van der Waals surface area contributed by atoms with Crippen molar-refractivity contribution in [2.75, 3.05) is 0 Å². The minimum absolute atomic E-state index is 0.949. The minimum atomic E-state index is 0.949. The molecule has 0 aliphatic carbocycles. The van der Waals surface area contributed by atoms with Crippen molar-refractivity contribution in [2.24, 2.45) is 0 Å². The molecule has 0 saturated carbocycles. The Hall–Kier alpha value is -6.50. The highest BCUT2D eigenvalue weighted by Gasteiger charge is 2.27. The monoisotopic (exact) mass is 809 g/mol. The van der Waals surface area contributed by atoms with E-state index in [-0.39, 0.29) is 0 Å². The zero-order chi connectivity index (χ0) is 35.9. The van der Waals surface area contributed by atoms with E-state index in [1.807, 2.05) is 0 Å². The maximum absolute atomic E-state index is 5.77. The Kier molecular flexibility index (Phi) is 5.87. The van der Waals surface area contributed by atoms with Crippen LogP contribution in [0.5, 0.6) is 0 Å². The van der Waals surface area contributed by atoms with Crippen molar-refractivity contribution in [2.45, 2.75) is 0 Å². The van der Waals surface area contributed by atoms with Crippen molar-refractivity contribution in [3.05, 3.63) is 173 Å². The number of pyridine rings is 1. The van der Waals surface area contributed by atoms with Crippen molar-refractivity contribution >= 4 is 126 Å². The molecule has 4 heterocycles. The average Bonchev–Trinajstić information content (AvgIpc) is 3.88. The second kappa shape index (κ2) is 10.8. The number of aromatic nitrogens is 3. The average molecular weight is 810 g/mol. The van der Waals surface area contributed by atoms with E-state index >= 15 is 0 Å². The quantitative estimate of drug-likeness (QED) is 0.126. The number of halogens is 1. The Morgan fingerprint density at radius 1 is 0.400 bits per heavy atom. The largest absolute Gasteiger partial charge is 0.308 e. The molecule has 0 atom stereocenters. The van der Waals surface area contributed by atoms with Gasteiger partial charge in [0, 0.05) is 48.7 Å². The van der Waals surface area contributed by atoms with E-state index in [1.54, 1.807) is 0 Å². The van der Waals surface area contributed by atoms with Crippen LogP contribution in [0, 0.1) is 3.57 Å². The van der Waals surface area contributed by atoms with Crippen LogP contribution in [0.25, 0.3) is 120 Å². The fourth-order valence-electron chi connectivity index (χ4n) is 9.74. The predicted molar refractivity (Wildman–Crippen MR) is 241 cm³/mol. The van der Waals surface area contributed by atoms with Crippen LogP contribution >= 0.6 is 22.6 Å². The van der Waals surface area contributed by atoms with E-state index in [0.717, 1.165) is 31.2 Å². The zero-order valence-electron chi connectivity index (χ0n) is 29.4. The predicted octanol–water partition coefficient (Wildman–Crippen LogP) is 14.2. The van der Waals surface area contributed by atoms with Gasteiger partial charge in [0.2, 0.25) is 0 Å². The molecule has 0 radical (unpaired) electrons. The molecule has 3 nitrogen and oxygen atoms in total. The highest BCUT2D eigenvalue weighted by atomic mass is 127. The van der Waals surface area contributed by atoms with Gasteiger partial charge < -0.3 is 4.40 Å². The summed E-state index contributed by atoms with van der Waals surface area (Å²) in [5.74, 6) is 0.949. The van der Waals surface area contributed by atoms with Crippen LogP contribution in [0.3, 0.4) is 0 Å². The van der Waals surface area contributed by atoms with Gasteiger partial charge in [-0.1, -0.05) is 140 Å². The van der Waals surface area contributed by atoms with Gasteiger partial charge in [-0.2, -0.15) is 0 Å². The smallest absolute Gasteiger partial charge is 0.152 e. The second-order valence-corrected chi connectivity index (χ2v) is 15.9. The summed E-state index contributed by atoms with van der Waals surface area (Å²) in [5, 5.41) is 16.1. The topological polar surface area (TPSA) is 22.2 Å². The Morgan fingerprint density at radius 3 is 1.84 bits per heavy atom. The molecule has 0 spiro atoms. The van der Waals surface area contributed by atoms with Gasteiger partial charge in [-0.3, -0.25) is 4.57 Å². The molecule has 254 valence electrons. The first kappa shape index (κ1) is 29.9. The standard InChI is InChI=1S/C51H28IN3/c52-48-44(33-22-21-29-11-1-2-14-32(29)27-33)38-25-23-31-13-4-6-16-35(31)49(38)53-51(48)55-42-26-24-30-12-3-5-15-34(30)45(42)47-43(55)28-39-36-17-7-9-19-40(36)54-41-20-10-8-18-37(41)46(47)50(39)54/h1-28H. The number of benzene rings is 9. The molecule has 0 bridgehead atoms. The lowest BCUT2D eigenvalue weighted by molar-refractivity contribution is 1.09. The number of para-hydroxylation sites is 2. The lowest BCUT2D eigenvalue weighted by atomic mass is 9.96. The van der Waals surface area contributed by atoms with Gasteiger partial charge in [0.1, 0.15) is 0 Å². The maximum atomic E-state index is 5.77. The van der Waals surface area contributed by atoms with Gasteiger partial charge in [0.05, 0.1) is 36.7 Å². The molecular formula is C51H28IN3. The Balaban J connectivity index is 1.29.